The number of aryl methyl sites for hydroxylation is 1. The first-order valence-corrected chi connectivity index (χ1v) is 12.1. The number of piperidine rings is 1. The number of anilines is 2. The maximum atomic E-state index is 12.8. The number of nitrogens with one attached hydrogen (secondary N) is 1. The van der Waals surface area contributed by atoms with E-state index >= 15 is 0 Å². The van der Waals surface area contributed by atoms with Crippen LogP contribution < -0.4 is 16.0 Å². The van der Waals surface area contributed by atoms with Gasteiger partial charge in [0.15, 0.2) is 0 Å². The Hall–Kier alpha value is -2.92. The normalized spacial score (nSPS) is 16.9. The fraction of sp³-hybridized carbons (Fsp3) is 0.476. The third-order valence-corrected chi connectivity index (χ3v) is 7.72. The molecule has 1 saturated heterocycles. The second-order valence-electron chi connectivity index (χ2n) is 7.81. The third-order valence-electron chi connectivity index (χ3n) is 5.71. The highest BCUT2D eigenvalue weighted by Gasteiger charge is 2.26. The Bertz CT molecular complexity index is 1080. The van der Waals surface area contributed by atoms with Crippen molar-refractivity contribution >= 4 is 33.3 Å². The van der Waals surface area contributed by atoms with Crippen LogP contribution in [0.3, 0.4) is 0 Å². The number of rotatable bonds is 8. The summed E-state index contributed by atoms with van der Waals surface area (Å²) in [6.45, 7) is 5.56. The van der Waals surface area contributed by atoms with Crippen molar-refractivity contribution in [3.63, 3.8) is 0 Å². The van der Waals surface area contributed by atoms with Crippen molar-refractivity contribution in [1.29, 1.82) is 0 Å². The molecule has 174 valence electrons. The summed E-state index contributed by atoms with van der Waals surface area (Å²) in [7, 11) is -2.03. The van der Waals surface area contributed by atoms with E-state index in [-0.39, 0.29) is 22.4 Å². The highest BCUT2D eigenvalue weighted by Crippen LogP contribution is 2.23. The molecule has 1 aliphatic heterocycles. The fourth-order valence-corrected chi connectivity index (χ4v) is 5.40. The number of pyridine rings is 1. The van der Waals surface area contributed by atoms with Crippen LogP contribution in [0.25, 0.3) is 0 Å². The average Bonchev–Trinajstić information content (AvgIpc) is 3.17. The largest absolute Gasteiger partial charge is 0.369 e. The number of hydrogen-bond acceptors (Lipinski definition) is 6. The van der Waals surface area contributed by atoms with Gasteiger partial charge in [0.1, 0.15) is 16.4 Å². The molecule has 3 rings (SSSR count). The van der Waals surface area contributed by atoms with Crippen molar-refractivity contribution in [1.82, 2.24) is 13.9 Å². The lowest BCUT2D eigenvalue weighted by atomic mass is 9.97. The van der Waals surface area contributed by atoms with Gasteiger partial charge in [-0.3, -0.25) is 9.59 Å². The van der Waals surface area contributed by atoms with Crippen molar-refractivity contribution in [3.8, 4) is 0 Å². The van der Waals surface area contributed by atoms with Gasteiger partial charge in [-0.1, -0.05) is 13.8 Å². The van der Waals surface area contributed by atoms with Crippen LogP contribution in [0.4, 0.5) is 11.5 Å². The minimum atomic E-state index is -3.66. The predicted octanol–water partition coefficient (Wildman–Crippen LogP) is 1.40. The molecule has 32 heavy (non-hydrogen) atoms. The number of nitrogens with two attached hydrogens (primary N) is 1. The van der Waals surface area contributed by atoms with Gasteiger partial charge in [0, 0.05) is 39.4 Å². The lowest BCUT2D eigenvalue weighted by Gasteiger charge is -2.32. The smallest absolute Gasteiger partial charge is 0.272 e. The summed E-state index contributed by atoms with van der Waals surface area (Å²) in [5.74, 6) is -0.220. The molecule has 2 amide bonds. The molecule has 0 aliphatic carbocycles. The number of aromatic nitrogens is 2. The van der Waals surface area contributed by atoms with Crippen molar-refractivity contribution in [2.45, 2.75) is 31.6 Å². The molecule has 2 aromatic rings. The van der Waals surface area contributed by atoms with Gasteiger partial charge in [0.05, 0.1) is 17.8 Å². The molecular formula is C21H30N6O4S. The minimum absolute atomic E-state index is 0.0800. The van der Waals surface area contributed by atoms with Gasteiger partial charge in [-0.05, 0) is 31.0 Å². The van der Waals surface area contributed by atoms with Crippen LogP contribution in [0.1, 0.15) is 37.2 Å². The van der Waals surface area contributed by atoms with Crippen LogP contribution >= 0.6 is 0 Å². The summed E-state index contributed by atoms with van der Waals surface area (Å²) in [5, 5.41) is 2.75. The Balaban J connectivity index is 1.71. The van der Waals surface area contributed by atoms with Crippen molar-refractivity contribution in [2.75, 3.05) is 36.4 Å². The number of amides is 2. The standard InChI is InChI=1S/C21H30N6O4S/c1-4-27(5-2)32(30,31)17-11-18(25(3)14-17)21(29)24-16-8-9-19(23-12-16)26-10-6-7-15(13-26)20(22)28/h8-9,11-12,14-15H,4-7,10,13H2,1-3H3,(H2,22,28)(H,24,29). The Morgan fingerprint density at radius 1 is 1.28 bits per heavy atom. The van der Waals surface area contributed by atoms with Gasteiger partial charge in [0.25, 0.3) is 5.91 Å². The lowest BCUT2D eigenvalue weighted by Crippen LogP contribution is -2.41. The summed E-state index contributed by atoms with van der Waals surface area (Å²) in [6, 6.07) is 4.88. The van der Waals surface area contributed by atoms with E-state index in [4.69, 9.17) is 5.73 Å². The summed E-state index contributed by atoms with van der Waals surface area (Å²) in [6.07, 6.45) is 4.62. The molecule has 0 saturated carbocycles. The van der Waals surface area contributed by atoms with Gasteiger partial charge < -0.3 is 20.5 Å². The fourth-order valence-electron chi connectivity index (χ4n) is 3.87. The highest BCUT2D eigenvalue weighted by molar-refractivity contribution is 7.89. The summed E-state index contributed by atoms with van der Waals surface area (Å²) < 4.78 is 28.3. The minimum Gasteiger partial charge on any atom is -0.369 e. The quantitative estimate of drug-likeness (QED) is 0.610. The molecule has 1 unspecified atom stereocenters. The van der Waals surface area contributed by atoms with Crippen molar-refractivity contribution < 1.29 is 18.0 Å². The van der Waals surface area contributed by atoms with Crippen molar-refractivity contribution in [2.24, 2.45) is 18.7 Å². The van der Waals surface area contributed by atoms with Crippen LogP contribution in [0.2, 0.25) is 0 Å². The second kappa shape index (κ2) is 9.70. The number of hydrogen-bond donors (Lipinski definition) is 2. The van der Waals surface area contributed by atoms with E-state index in [0.29, 0.717) is 31.1 Å². The molecular weight excluding hydrogens is 432 g/mol. The predicted molar refractivity (Wildman–Crippen MR) is 122 cm³/mol. The Kier molecular flexibility index (Phi) is 7.19. The number of carbonyl (C=O) groups is 2. The third kappa shape index (κ3) is 4.94. The van der Waals surface area contributed by atoms with Gasteiger partial charge in [-0.25, -0.2) is 13.4 Å². The van der Waals surface area contributed by atoms with Gasteiger partial charge >= 0.3 is 0 Å². The zero-order chi connectivity index (χ0) is 23.5. The average molecular weight is 463 g/mol. The van der Waals surface area contributed by atoms with E-state index in [1.807, 2.05) is 4.90 Å². The van der Waals surface area contributed by atoms with Crippen molar-refractivity contribution in [3.05, 3.63) is 36.3 Å². The first kappa shape index (κ1) is 23.7. The molecule has 0 spiro atoms. The highest BCUT2D eigenvalue weighted by atomic mass is 32.2. The summed E-state index contributed by atoms with van der Waals surface area (Å²) >= 11 is 0. The maximum absolute atomic E-state index is 12.8. The van der Waals surface area contributed by atoms with E-state index in [1.54, 1.807) is 33.0 Å². The SMILES string of the molecule is CCN(CC)S(=O)(=O)c1cc(C(=O)Nc2ccc(N3CCCC(C(N)=O)C3)nc2)n(C)c1. The molecule has 0 radical (unpaired) electrons. The van der Waals surface area contributed by atoms with E-state index < -0.39 is 15.9 Å². The Labute approximate surface area is 188 Å². The molecule has 2 aromatic heterocycles. The summed E-state index contributed by atoms with van der Waals surface area (Å²) in [5.41, 5.74) is 6.14. The van der Waals surface area contributed by atoms with Crippen LogP contribution in [-0.2, 0) is 21.9 Å². The number of sulfonamides is 1. The molecule has 1 aliphatic rings. The molecule has 11 heteroatoms. The monoisotopic (exact) mass is 462 g/mol. The van der Waals surface area contributed by atoms with Crippen LogP contribution in [0.15, 0.2) is 35.5 Å². The zero-order valence-corrected chi connectivity index (χ0v) is 19.4. The molecule has 3 N–H and O–H groups in total. The Morgan fingerprint density at radius 3 is 2.59 bits per heavy atom. The van der Waals surface area contributed by atoms with Crippen LogP contribution in [-0.4, -0.2) is 60.3 Å². The molecule has 10 nitrogen and oxygen atoms in total. The molecule has 0 aromatic carbocycles. The first-order chi connectivity index (χ1) is 15.2. The number of carbonyl (C=O) groups excluding carboxylic acids is 2. The topological polar surface area (TPSA) is 131 Å². The molecule has 1 fully saturated rings. The van der Waals surface area contributed by atoms with Gasteiger partial charge in [-0.15, -0.1) is 0 Å². The maximum Gasteiger partial charge on any atom is 0.272 e. The van der Waals surface area contributed by atoms with E-state index in [2.05, 4.69) is 10.3 Å². The van der Waals surface area contributed by atoms with E-state index in [1.165, 1.54) is 27.3 Å². The number of primary amides is 1. The van der Waals surface area contributed by atoms with Crippen LogP contribution in [0, 0.1) is 5.92 Å². The van der Waals surface area contributed by atoms with Gasteiger partial charge in [-0.2, -0.15) is 4.31 Å². The molecule has 1 atom stereocenters. The lowest BCUT2D eigenvalue weighted by molar-refractivity contribution is -0.122. The zero-order valence-electron chi connectivity index (χ0n) is 18.6. The van der Waals surface area contributed by atoms with Gasteiger partial charge in [0.2, 0.25) is 15.9 Å². The first-order valence-electron chi connectivity index (χ1n) is 10.7. The van der Waals surface area contributed by atoms with E-state index in [0.717, 1.165) is 19.4 Å². The summed E-state index contributed by atoms with van der Waals surface area (Å²) in [4.78, 5) is 30.7. The van der Waals surface area contributed by atoms with E-state index in [9.17, 15) is 18.0 Å². The Morgan fingerprint density at radius 2 is 2.00 bits per heavy atom. The molecule has 0 bridgehead atoms. The number of nitrogens with zero attached hydrogens (tertiary/aromatic N) is 4. The van der Waals surface area contributed by atoms with Crippen LogP contribution in [0.5, 0.6) is 0 Å². The molecule has 3 heterocycles. The second-order valence-corrected chi connectivity index (χ2v) is 9.75.